The largest absolute Gasteiger partial charge is 0.271 e. The third-order valence-electron chi connectivity index (χ3n) is 4.18. The molecule has 1 aromatic heterocycles. The Morgan fingerprint density at radius 1 is 1.47 bits per heavy atom. The zero-order valence-corrected chi connectivity index (χ0v) is 11.6. The monoisotopic (exact) mass is 253 g/mol. The van der Waals surface area contributed by atoms with Crippen molar-refractivity contribution in [3.05, 3.63) is 16.1 Å². The van der Waals surface area contributed by atoms with Crippen LogP contribution in [0.3, 0.4) is 0 Å². The van der Waals surface area contributed by atoms with E-state index in [0.717, 1.165) is 11.6 Å². The highest BCUT2D eigenvalue weighted by molar-refractivity contribution is 7.09. The number of hydrazine groups is 1. The number of rotatable bonds is 4. The fourth-order valence-electron chi connectivity index (χ4n) is 2.97. The van der Waals surface area contributed by atoms with Crippen LogP contribution in [-0.4, -0.2) is 4.98 Å². The van der Waals surface area contributed by atoms with Gasteiger partial charge < -0.3 is 0 Å². The fourth-order valence-corrected chi connectivity index (χ4v) is 3.92. The predicted molar refractivity (Wildman–Crippen MR) is 72.7 cm³/mol. The van der Waals surface area contributed by atoms with Gasteiger partial charge in [0.2, 0.25) is 0 Å². The van der Waals surface area contributed by atoms with Gasteiger partial charge in [-0.3, -0.25) is 11.3 Å². The van der Waals surface area contributed by atoms with Gasteiger partial charge in [-0.25, -0.2) is 4.98 Å². The van der Waals surface area contributed by atoms with Gasteiger partial charge in [0, 0.05) is 4.88 Å². The van der Waals surface area contributed by atoms with E-state index in [2.05, 4.69) is 24.3 Å². The molecule has 2 rings (SSSR count). The number of nitrogens with two attached hydrogens (primary N) is 1. The van der Waals surface area contributed by atoms with Crippen LogP contribution in [0.1, 0.15) is 55.6 Å². The van der Waals surface area contributed by atoms with Crippen molar-refractivity contribution in [2.45, 2.75) is 52.0 Å². The maximum Gasteiger partial charge on any atom is 0.0798 e. The van der Waals surface area contributed by atoms with E-state index >= 15 is 0 Å². The van der Waals surface area contributed by atoms with Gasteiger partial charge in [0.15, 0.2) is 0 Å². The van der Waals surface area contributed by atoms with Crippen LogP contribution in [0.15, 0.2) is 5.51 Å². The molecule has 1 heterocycles. The van der Waals surface area contributed by atoms with Crippen molar-refractivity contribution in [1.29, 1.82) is 0 Å². The molecule has 1 atom stereocenters. The minimum Gasteiger partial charge on any atom is -0.271 e. The van der Waals surface area contributed by atoms with E-state index in [1.165, 1.54) is 37.0 Å². The smallest absolute Gasteiger partial charge is 0.0798 e. The molecule has 0 saturated heterocycles. The van der Waals surface area contributed by atoms with Crippen molar-refractivity contribution in [2.75, 3.05) is 0 Å². The van der Waals surface area contributed by atoms with Crippen LogP contribution in [0, 0.1) is 18.8 Å². The molecule has 0 radical (unpaired) electrons. The molecule has 0 spiro atoms. The molecule has 0 bridgehead atoms. The van der Waals surface area contributed by atoms with Crippen LogP contribution in [0.25, 0.3) is 0 Å². The molecule has 17 heavy (non-hydrogen) atoms. The van der Waals surface area contributed by atoms with Gasteiger partial charge >= 0.3 is 0 Å². The number of aromatic nitrogens is 1. The summed E-state index contributed by atoms with van der Waals surface area (Å²) in [6.07, 6.45) is 6.64. The zero-order valence-electron chi connectivity index (χ0n) is 10.8. The van der Waals surface area contributed by atoms with Gasteiger partial charge in [-0.15, -0.1) is 11.3 Å². The molecule has 1 aromatic rings. The molecule has 4 heteroatoms. The minimum atomic E-state index is 0.306. The summed E-state index contributed by atoms with van der Waals surface area (Å²) in [6, 6.07) is 0.306. The maximum atomic E-state index is 5.76. The number of nitrogens with zero attached hydrogens (tertiary/aromatic N) is 1. The summed E-state index contributed by atoms with van der Waals surface area (Å²) >= 11 is 1.73. The molecular weight excluding hydrogens is 230 g/mol. The van der Waals surface area contributed by atoms with Crippen molar-refractivity contribution in [3.63, 3.8) is 0 Å². The van der Waals surface area contributed by atoms with E-state index in [1.807, 2.05) is 5.51 Å². The topological polar surface area (TPSA) is 50.9 Å². The summed E-state index contributed by atoms with van der Waals surface area (Å²) in [4.78, 5) is 5.66. The third-order valence-corrected chi connectivity index (χ3v) is 5.20. The first-order valence-electron chi connectivity index (χ1n) is 6.62. The third kappa shape index (κ3) is 2.87. The molecule has 0 amide bonds. The van der Waals surface area contributed by atoms with Crippen LogP contribution in [0.2, 0.25) is 0 Å². The van der Waals surface area contributed by atoms with Gasteiger partial charge in [0.25, 0.3) is 0 Å². The van der Waals surface area contributed by atoms with Crippen molar-refractivity contribution in [1.82, 2.24) is 10.4 Å². The summed E-state index contributed by atoms with van der Waals surface area (Å²) in [5.41, 5.74) is 6.08. The molecule has 96 valence electrons. The molecule has 1 unspecified atom stereocenters. The highest BCUT2D eigenvalue weighted by Gasteiger charge is 2.29. The lowest BCUT2D eigenvalue weighted by molar-refractivity contribution is 0.221. The average molecular weight is 253 g/mol. The molecule has 3 N–H and O–H groups in total. The molecule has 3 nitrogen and oxygen atoms in total. The Bertz CT molecular complexity index is 342. The standard InChI is InChI=1S/C13H23N3S/c1-3-10-4-6-11(7-5-10)12(16-14)13-9(2)15-8-17-13/h8,10-12,16H,3-7,14H2,1-2H3. The summed E-state index contributed by atoms with van der Waals surface area (Å²) in [5.74, 6) is 7.38. The Labute approximate surface area is 108 Å². The van der Waals surface area contributed by atoms with Crippen molar-refractivity contribution in [2.24, 2.45) is 17.7 Å². The van der Waals surface area contributed by atoms with Gasteiger partial charge in [0.05, 0.1) is 17.2 Å². The first-order chi connectivity index (χ1) is 8.26. The van der Waals surface area contributed by atoms with Gasteiger partial charge in [-0.1, -0.05) is 26.2 Å². The van der Waals surface area contributed by atoms with Crippen LogP contribution in [0.5, 0.6) is 0 Å². The SMILES string of the molecule is CCC1CCC(C(NN)c2scnc2C)CC1. The number of hydrogen-bond donors (Lipinski definition) is 2. The Morgan fingerprint density at radius 2 is 2.18 bits per heavy atom. The fraction of sp³-hybridized carbons (Fsp3) is 0.769. The Balaban J connectivity index is 2.03. The first-order valence-corrected chi connectivity index (χ1v) is 7.50. The van der Waals surface area contributed by atoms with Crippen LogP contribution >= 0.6 is 11.3 Å². The normalized spacial score (nSPS) is 27.0. The molecule has 1 aliphatic carbocycles. The lowest BCUT2D eigenvalue weighted by atomic mass is 9.77. The highest BCUT2D eigenvalue weighted by Crippen LogP contribution is 2.39. The average Bonchev–Trinajstić information content (AvgIpc) is 2.78. The molecule has 1 fully saturated rings. The molecular formula is C13H23N3S. The van der Waals surface area contributed by atoms with Crippen molar-refractivity contribution >= 4 is 11.3 Å². The predicted octanol–water partition coefficient (Wildman–Crippen LogP) is 3.17. The van der Waals surface area contributed by atoms with Crippen molar-refractivity contribution < 1.29 is 0 Å². The number of aryl methyl sites for hydroxylation is 1. The second kappa shape index (κ2) is 5.94. The summed E-state index contributed by atoms with van der Waals surface area (Å²) < 4.78 is 0. The molecule has 0 aromatic carbocycles. The first kappa shape index (κ1) is 13.0. The second-order valence-electron chi connectivity index (χ2n) is 5.14. The Morgan fingerprint density at radius 3 is 2.65 bits per heavy atom. The molecule has 1 saturated carbocycles. The maximum absolute atomic E-state index is 5.76. The minimum absolute atomic E-state index is 0.306. The molecule has 1 aliphatic rings. The quantitative estimate of drug-likeness (QED) is 0.640. The van der Waals surface area contributed by atoms with Crippen LogP contribution < -0.4 is 11.3 Å². The molecule has 0 aliphatic heterocycles. The Hall–Kier alpha value is -0.450. The Kier molecular flexibility index (Phi) is 4.54. The number of nitrogens with one attached hydrogen (secondary N) is 1. The highest BCUT2D eigenvalue weighted by atomic mass is 32.1. The summed E-state index contributed by atoms with van der Waals surface area (Å²) in [6.45, 7) is 4.38. The zero-order chi connectivity index (χ0) is 12.3. The van der Waals surface area contributed by atoms with Gasteiger partial charge in [-0.2, -0.15) is 0 Å². The lowest BCUT2D eigenvalue weighted by Crippen LogP contribution is -2.35. The summed E-state index contributed by atoms with van der Waals surface area (Å²) in [7, 11) is 0. The van der Waals surface area contributed by atoms with E-state index in [4.69, 9.17) is 5.84 Å². The van der Waals surface area contributed by atoms with E-state index in [0.29, 0.717) is 12.0 Å². The van der Waals surface area contributed by atoms with E-state index in [1.54, 1.807) is 11.3 Å². The van der Waals surface area contributed by atoms with Gasteiger partial charge in [-0.05, 0) is 31.6 Å². The van der Waals surface area contributed by atoms with Crippen LogP contribution in [-0.2, 0) is 0 Å². The van der Waals surface area contributed by atoms with Gasteiger partial charge in [0.1, 0.15) is 0 Å². The number of thiazole rings is 1. The number of hydrogen-bond acceptors (Lipinski definition) is 4. The lowest BCUT2D eigenvalue weighted by Gasteiger charge is -2.33. The van der Waals surface area contributed by atoms with E-state index < -0.39 is 0 Å². The van der Waals surface area contributed by atoms with Crippen molar-refractivity contribution in [3.8, 4) is 0 Å². The van der Waals surface area contributed by atoms with E-state index in [9.17, 15) is 0 Å². The second-order valence-corrected chi connectivity index (χ2v) is 6.02. The summed E-state index contributed by atoms with van der Waals surface area (Å²) in [5, 5.41) is 0. The van der Waals surface area contributed by atoms with E-state index in [-0.39, 0.29) is 0 Å². The van der Waals surface area contributed by atoms with Crippen LogP contribution in [0.4, 0.5) is 0 Å².